The number of ether oxygens (including phenoxy) is 1. The fourth-order valence-corrected chi connectivity index (χ4v) is 2.62. The number of phenolic OH excluding ortho intramolecular Hbond substituents is 1. The fraction of sp³-hybridized carbons (Fsp3) is 0.118. The molecule has 0 fully saturated rings. The van der Waals surface area contributed by atoms with Crippen molar-refractivity contribution < 1.29 is 24.5 Å². The van der Waals surface area contributed by atoms with Crippen molar-refractivity contribution in [1.29, 1.82) is 0 Å². The molecule has 0 saturated carbocycles. The molecule has 10 nitrogen and oxygen atoms in total. The fourth-order valence-electron chi connectivity index (χ4n) is 2.62. The number of amides is 1. The molecule has 1 amide bonds. The van der Waals surface area contributed by atoms with E-state index < -0.39 is 32.9 Å². The summed E-state index contributed by atoms with van der Waals surface area (Å²) in [6.07, 6.45) is 11.2. The number of nitrogens with zero attached hydrogens (tertiary/aromatic N) is 3. The number of carbonyl (C=O) groups excluding carboxylic acids is 1. The van der Waals surface area contributed by atoms with Gasteiger partial charge in [0.2, 0.25) is 0 Å². The zero-order chi connectivity index (χ0) is 19.6. The van der Waals surface area contributed by atoms with Crippen molar-refractivity contribution in [2.24, 2.45) is 0 Å². The van der Waals surface area contributed by atoms with E-state index in [1.165, 1.54) is 18.7 Å². The summed E-state index contributed by atoms with van der Waals surface area (Å²) < 4.78 is 5.40. The maximum absolute atomic E-state index is 12.7. The predicted octanol–water partition coefficient (Wildman–Crippen LogP) is 3.27. The highest BCUT2D eigenvalue weighted by molar-refractivity contribution is 5.97. The van der Waals surface area contributed by atoms with Crippen molar-refractivity contribution >= 4 is 17.3 Å². The van der Waals surface area contributed by atoms with E-state index in [9.17, 15) is 30.1 Å². The van der Waals surface area contributed by atoms with E-state index in [2.05, 4.69) is 0 Å². The SMILES string of the molecule is O=C(c1cc([N+](=O)[O-])c(O)c([N+](=O)[O-])c1)N1C=COC(C2=CC=CCC2)=C1. The van der Waals surface area contributed by atoms with Crippen LogP contribution in [-0.4, -0.2) is 25.8 Å². The van der Waals surface area contributed by atoms with Gasteiger partial charge in [0.15, 0.2) is 0 Å². The van der Waals surface area contributed by atoms with Crippen LogP contribution in [0.15, 0.2) is 60.4 Å². The van der Waals surface area contributed by atoms with Gasteiger partial charge in [-0.1, -0.05) is 18.2 Å². The summed E-state index contributed by atoms with van der Waals surface area (Å²) >= 11 is 0. The number of aromatic hydroxyl groups is 1. The molecule has 1 heterocycles. The zero-order valence-corrected chi connectivity index (χ0v) is 13.8. The molecule has 1 aromatic carbocycles. The van der Waals surface area contributed by atoms with Crippen LogP contribution in [0, 0.1) is 20.2 Å². The molecule has 0 atom stereocenters. The predicted molar refractivity (Wildman–Crippen MR) is 92.4 cm³/mol. The summed E-state index contributed by atoms with van der Waals surface area (Å²) in [5.41, 5.74) is -1.29. The molecule has 27 heavy (non-hydrogen) atoms. The molecule has 0 radical (unpaired) electrons. The summed E-state index contributed by atoms with van der Waals surface area (Å²) in [5.74, 6) is -1.42. The monoisotopic (exact) mass is 371 g/mol. The number of carbonyl (C=O) groups is 1. The van der Waals surface area contributed by atoms with Gasteiger partial charge in [-0.25, -0.2) is 0 Å². The number of rotatable bonds is 4. The Morgan fingerprint density at radius 1 is 1.19 bits per heavy atom. The molecule has 0 unspecified atom stereocenters. The molecule has 138 valence electrons. The van der Waals surface area contributed by atoms with E-state index in [0.717, 1.165) is 29.0 Å². The number of nitro benzene ring substituents is 2. The first-order valence-corrected chi connectivity index (χ1v) is 7.78. The molecular formula is C17H13N3O7. The van der Waals surface area contributed by atoms with E-state index in [0.29, 0.717) is 12.2 Å². The van der Waals surface area contributed by atoms with E-state index in [1.807, 2.05) is 18.2 Å². The van der Waals surface area contributed by atoms with Crippen LogP contribution in [0.3, 0.4) is 0 Å². The summed E-state index contributed by atoms with van der Waals surface area (Å²) in [6, 6.07) is 1.59. The normalized spacial score (nSPS) is 15.6. The molecule has 10 heteroatoms. The lowest BCUT2D eigenvalue weighted by molar-refractivity contribution is -0.396. The van der Waals surface area contributed by atoms with E-state index in [4.69, 9.17) is 4.74 Å². The van der Waals surface area contributed by atoms with Gasteiger partial charge in [0.25, 0.3) is 11.7 Å². The molecule has 1 aliphatic heterocycles. The Kier molecular flexibility index (Phi) is 4.71. The minimum absolute atomic E-state index is 0.314. The Balaban J connectivity index is 1.99. The van der Waals surface area contributed by atoms with Gasteiger partial charge in [0.05, 0.1) is 21.6 Å². The Morgan fingerprint density at radius 2 is 1.85 bits per heavy atom. The molecule has 0 saturated heterocycles. The summed E-state index contributed by atoms with van der Waals surface area (Å²) in [6.45, 7) is 0. The van der Waals surface area contributed by atoms with Crippen molar-refractivity contribution in [3.05, 3.63) is 86.1 Å². The average Bonchev–Trinajstić information content (AvgIpc) is 2.68. The third-order valence-electron chi connectivity index (χ3n) is 3.95. The van der Waals surface area contributed by atoms with Crippen molar-refractivity contribution in [3.8, 4) is 5.75 Å². The topological polar surface area (TPSA) is 136 Å². The van der Waals surface area contributed by atoms with Crippen LogP contribution in [0.25, 0.3) is 0 Å². The minimum Gasteiger partial charge on any atom is -0.497 e. The van der Waals surface area contributed by atoms with Crippen molar-refractivity contribution in [1.82, 2.24) is 4.90 Å². The molecule has 3 rings (SSSR count). The molecule has 0 aromatic heterocycles. The Labute approximate surface area is 152 Å². The number of nitro groups is 2. The van der Waals surface area contributed by atoms with Crippen molar-refractivity contribution in [2.75, 3.05) is 0 Å². The van der Waals surface area contributed by atoms with Gasteiger partial charge in [0.1, 0.15) is 12.0 Å². The van der Waals surface area contributed by atoms with Gasteiger partial charge in [-0.15, -0.1) is 0 Å². The summed E-state index contributed by atoms with van der Waals surface area (Å²) in [4.78, 5) is 33.9. The lowest BCUT2D eigenvalue weighted by Crippen LogP contribution is -2.23. The molecule has 1 aliphatic carbocycles. The third-order valence-corrected chi connectivity index (χ3v) is 3.95. The maximum Gasteiger partial charge on any atom is 0.318 e. The zero-order valence-electron chi connectivity index (χ0n) is 13.8. The highest BCUT2D eigenvalue weighted by Crippen LogP contribution is 2.37. The standard InChI is InChI=1S/C17H13N3O7/c21-16-13(19(23)24)8-12(9-14(16)20(25)26)17(22)18-6-7-27-15(10-18)11-4-2-1-3-5-11/h1-2,4,6-10,21H,3,5H2. The van der Waals surface area contributed by atoms with Gasteiger partial charge in [-0.05, 0) is 18.4 Å². The first kappa shape index (κ1) is 17.9. The number of benzene rings is 1. The largest absolute Gasteiger partial charge is 0.497 e. The van der Waals surface area contributed by atoms with Crippen LogP contribution in [0.1, 0.15) is 23.2 Å². The number of hydrogen-bond donors (Lipinski definition) is 1. The van der Waals surface area contributed by atoms with Crippen molar-refractivity contribution in [3.63, 3.8) is 0 Å². The summed E-state index contributed by atoms with van der Waals surface area (Å²) in [5, 5.41) is 31.8. The second kappa shape index (κ2) is 7.12. The van der Waals surface area contributed by atoms with Crippen LogP contribution < -0.4 is 0 Å². The Bertz CT molecular complexity index is 924. The van der Waals surface area contributed by atoms with Crippen LogP contribution >= 0.6 is 0 Å². The van der Waals surface area contributed by atoms with Crippen LogP contribution in [0.2, 0.25) is 0 Å². The number of hydrogen-bond acceptors (Lipinski definition) is 7. The molecule has 0 spiro atoms. The Hall–Kier alpha value is -3.95. The lowest BCUT2D eigenvalue weighted by Gasteiger charge is -2.21. The smallest absolute Gasteiger partial charge is 0.318 e. The van der Waals surface area contributed by atoms with Crippen LogP contribution in [0.5, 0.6) is 5.75 Å². The van der Waals surface area contributed by atoms with E-state index in [1.54, 1.807) is 0 Å². The minimum atomic E-state index is -1.10. The molecule has 0 bridgehead atoms. The van der Waals surface area contributed by atoms with Gasteiger partial charge < -0.3 is 9.84 Å². The maximum atomic E-state index is 12.7. The van der Waals surface area contributed by atoms with Crippen LogP contribution in [0.4, 0.5) is 11.4 Å². The molecule has 2 aliphatic rings. The second-order valence-corrected chi connectivity index (χ2v) is 5.64. The lowest BCUT2D eigenvalue weighted by atomic mass is 10.0. The van der Waals surface area contributed by atoms with Gasteiger partial charge in [-0.3, -0.25) is 29.9 Å². The first-order valence-electron chi connectivity index (χ1n) is 7.78. The number of allylic oxidation sites excluding steroid dienone is 4. The second-order valence-electron chi connectivity index (χ2n) is 5.64. The van der Waals surface area contributed by atoms with Crippen LogP contribution in [-0.2, 0) is 4.74 Å². The van der Waals surface area contributed by atoms with Gasteiger partial charge >= 0.3 is 11.4 Å². The Morgan fingerprint density at radius 3 is 2.41 bits per heavy atom. The highest BCUT2D eigenvalue weighted by Gasteiger charge is 2.29. The van der Waals surface area contributed by atoms with Gasteiger partial charge in [0, 0.05) is 18.3 Å². The van der Waals surface area contributed by atoms with Gasteiger partial charge in [-0.2, -0.15) is 0 Å². The number of phenols is 1. The third kappa shape index (κ3) is 3.54. The van der Waals surface area contributed by atoms with Crippen molar-refractivity contribution in [2.45, 2.75) is 12.8 Å². The highest BCUT2D eigenvalue weighted by atomic mass is 16.6. The quantitative estimate of drug-likeness (QED) is 0.633. The molecular weight excluding hydrogens is 358 g/mol. The average molecular weight is 371 g/mol. The molecule has 1 N–H and O–H groups in total. The van der Waals surface area contributed by atoms with E-state index >= 15 is 0 Å². The first-order chi connectivity index (χ1) is 12.9. The molecule has 1 aromatic rings. The summed E-state index contributed by atoms with van der Waals surface area (Å²) in [7, 11) is 0. The van der Waals surface area contributed by atoms with E-state index in [-0.39, 0.29) is 5.56 Å².